The number of fused-ring (bicyclic) bond motifs is 1. The molecule has 0 spiro atoms. The van der Waals surface area contributed by atoms with Gasteiger partial charge in [0.15, 0.2) is 5.76 Å². The Kier molecular flexibility index (Phi) is 6.92. The quantitative estimate of drug-likeness (QED) is 0.564. The maximum absolute atomic E-state index is 12.8. The Morgan fingerprint density at radius 1 is 1.00 bits per heavy atom. The van der Waals surface area contributed by atoms with E-state index in [1.54, 1.807) is 30.2 Å². The number of benzene rings is 2. The summed E-state index contributed by atoms with van der Waals surface area (Å²) in [7, 11) is 1.59. The lowest BCUT2D eigenvalue weighted by Gasteiger charge is -2.31. The number of methoxy groups -OCH3 is 1. The van der Waals surface area contributed by atoms with E-state index in [1.807, 2.05) is 36.4 Å². The van der Waals surface area contributed by atoms with Crippen LogP contribution < -0.4 is 15.4 Å². The summed E-state index contributed by atoms with van der Waals surface area (Å²) in [4.78, 5) is 38.7. The van der Waals surface area contributed by atoms with Crippen molar-refractivity contribution in [3.63, 3.8) is 0 Å². The molecule has 2 N–H and O–H groups in total. The molecule has 2 aromatic carbocycles. The summed E-state index contributed by atoms with van der Waals surface area (Å²) in [5.74, 6) is -0.146. The predicted molar refractivity (Wildman–Crippen MR) is 123 cm³/mol. The lowest BCUT2D eigenvalue weighted by Crippen LogP contribution is -2.44. The standard InChI is InChI=1S/C25H27N3O5/c1-32-20-8-6-17(7-9-20)15-26-23(29)24(30)27-16-18-10-12-28(13-11-18)25(31)22-14-19-4-2-3-5-21(19)33-22/h2-9,14,18H,10-13,15-16H2,1H3,(H,26,29)(H,27,30). The third-order valence-electron chi connectivity index (χ3n) is 5.91. The van der Waals surface area contributed by atoms with E-state index in [4.69, 9.17) is 9.15 Å². The second kappa shape index (κ2) is 10.2. The number of hydrogen-bond acceptors (Lipinski definition) is 5. The Labute approximate surface area is 191 Å². The number of ether oxygens (including phenoxy) is 1. The number of nitrogens with one attached hydrogen (secondary N) is 2. The average Bonchev–Trinajstić information content (AvgIpc) is 3.30. The zero-order valence-electron chi connectivity index (χ0n) is 18.5. The summed E-state index contributed by atoms with van der Waals surface area (Å²) >= 11 is 0. The Bertz CT molecular complexity index is 1100. The number of carbonyl (C=O) groups excluding carboxylic acids is 3. The number of amides is 3. The minimum atomic E-state index is -0.664. The van der Waals surface area contributed by atoms with Crippen molar-refractivity contribution in [2.75, 3.05) is 26.7 Å². The van der Waals surface area contributed by atoms with Gasteiger partial charge in [-0.1, -0.05) is 30.3 Å². The van der Waals surface area contributed by atoms with Crippen LogP contribution in [0.1, 0.15) is 29.0 Å². The number of piperidine rings is 1. The molecular weight excluding hydrogens is 422 g/mol. The highest BCUT2D eigenvalue weighted by Crippen LogP contribution is 2.23. The fourth-order valence-corrected chi connectivity index (χ4v) is 3.91. The molecule has 2 heterocycles. The molecular formula is C25H27N3O5. The summed E-state index contributed by atoms with van der Waals surface area (Å²) in [5, 5.41) is 6.23. The van der Waals surface area contributed by atoms with Crippen LogP contribution in [0, 0.1) is 5.92 Å². The molecule has 3 aromatic rings. The predicted octanol–water partition coefficient (Wildman–Crippen LogP) is 2.73. The molecule has 0 bridgehead atoms. The molecule has 1 aromatic heterocycles. The van der Waals surface area contributed by atoms with Gasteiger partial charge in [0.25, 0.3) is 5.91 Å². The number of para-hydroxylation sites is 1. The lowest BCUT2D eigenvalue weighted by molar-refractivity contribution is -0.139. The summed E-state index contributed by atoms with van der Waals surface area (Å²) < 4.78 is 10.8. The van der Waals surface area contributed by atoms with Crippen LogP contribution in [-0.4, -0.2) is 49.4 Å². The number of rotatable bonds is 6. The number of likely N-dealkylation sites (tertiary alicyclic amines) is 1. The molecule has 1 aliphatic rings. The first kappa shape index (κ1) is 22.4. The molecule has 4 rings (SSSR count). The monoisotopic (exact) mass is 449 g/mol. The molecule has 0 saturated carbocycles. The van der Waals surface area contributed by atoms with Crippen LogP contribution in [0.3, 0.4) is 0 Å². The van der Waals surface area contributed by atoms with Crippen LogP contribution >= 0.6 is 0 Å². The third kappa shape index (κ3) is 5.52. The van der Waals surface area contributed by atoms with Gasteiger partial charge in [0.2, 0.25) is 0 Å². The molecule has 1 saturated heterocycles. The first-order valence-corrected chi connectivity index (χ1v) is 11.0. The van der Waals surface area contributed by atoms with E-state index in [0.29, 0.717) is 31.0 Å². The van der Waals surface area contributed by atoms with Crippen LogP contribution in [0.25, 0.3) is 11.0 Å². The molecule has 0 unspecified atom stereocenters. The largest absolute Gasteiger partial charge is 0.497 e. The molecule has 172 valence electrons. The fourth-order valence-electron chi connectivity index (χ4n) is 3.91. The van der Waals surface area contributed by atoms with E-state index in [0.717, 1.165) is 29.5 Å². The molecule has 8 nitrogen and oxygen atoms in total. The molecule has 1 fully saturated rings. The van der Waals surface area contributed by atoms with E-state index < -0.39 is 11.8 Å². The van der Waals surface area contributed by atoms with Gasteiger partial charge < -0.3 is 24.7 Å². The van der Waals surface area contributed by atoms with Crippen molar-refractivity contribution >= 4 is 28.7 Å². The first-order valence-electron chi connectivity index (χ1n) is 11.0. The van der Waals surface area contributed by atoms with Gasteiger partial charge >= 0.3 is 11.8 Å². The van der Waals surface area contributed by atoms with E-state index in [1.165, 1.54) is 0 Å². The lowest BCUT2D eigenvalue weighted by atomic mass is 9.96. The smallest absolute Gasteiger partial charge is 0.309 e. The van der Waals surface area contributed by atoms with Gasteiger partial charge in [-0.2, -0.15) is 0 Å². The number of carbonyl (C=O) groups is 3. The highest BCUT2D eigenvalue weighted by atomic mass is 16.5. The summed E-state index contributed by atoms with van der Waals surface area (Å²) in [6, 6.07) is 16.6. The van der Waals surface area contributed by atoms with Crippen LogP contribution in [0.4, 0.5) is 0 Å². The fraction of sp³-hybridized carbons (Fsp3) is 0.320. The number of nitrogens with zero attached hydrogens (tertiary/aromatic N) is 1. The maximum Gasteiger partial charge on any atom is 0.309 e. The number of hydrogen-bond donors (Lipinski definition) is 2. The average molecular weight is 450 g/mol. The van der Waals surface area contributed by atoms with Crippen molar-refractivity contribution < 1.29 is 23.5 Å². The Balaban J connectivity index is 1.19. The van der Waals surface area contributed by atoms with Crippen LogP contribution in [0.2, 0.25) is 0 Å². The van der Waals surface area contributed by atoms with Crippen molar-refractivity contribution in [3.8, 4) is 5.75 Å². The third-order valence-corrected chi connectivity index (χ3v) is 5.91. The van der Waals surface area contributed by atoms with Crippen LogP contribution in [-0.2, 0) is 16.1 Å². The summed E-state index contributed by atoms with van der Waals surface area (Å²) in [6.45, 7) is 1.83. The van der Waals surface area contributed by atoms with Crippen molar-refractivity contribution in [2.24, 2.45) is 5.92 Å². The highest BCUT2D eigenvalue weighted by molar-refractivity contribution is 6.35. The zero-order chi connectivity index (χ0) is 23.2. The van der Waals surface area contributed by atoms with Gasteiger partial charge in [0, 0.05) is 31.6 Å². The van der Waals surface area contributed by atoms with E-state index in [9.17, 15) is 14.4 Å². The number of furan rings is 1. The SMILES string of the molecule is COc1ccc(CNC(=O)C(=O)NCC2CCN(C(=O)c3cc4ccccc4o3)CC2)cc1. The Morgan fingerprint density at radius 3 is 2.39 bits per heavy atom. The van der Waals surface area contributed by atoms with E-state index in [-0.39, 0.29) is 18.4 Å². The maximum atomic E-state index is 12.8. The van der Waals surface area contributed by atoms with Gasteiger partial charge in [0.1, 0.15) is 11.3 Å². The Hall–Kier alpha value is -3.81. The van der Waals surface area contributed by atoms with Crippen molar-refractivity contribution in [3.05, 3.63) is 65.9 Å². The summed E-state index contributed by atoms with van der Waals surface area (Å²) in [5.41, 5.74) is 1.57. The Morgan fingerprint density at radius 2 is 1.70 bits per heavy atom. The second-order valence-electron chi connectivity index (χ2n) is 8.12. The highest BCUT2D eigenvalue weighted by Gasteiger charge is 2.26. The zero-order valence-corrected chi connectivity index (χ0v) is 18.5. The second-order valence-corrected chi connectivity index (χ2v) is 8.12. The van der Waals surface area contributed by atoms with Gasteiger partial charge in [0.05, 0.1) is 7.11 Å². The molecule has 0 aliphatic carbocycles. The van der Waals surface area contributed by atoms with Crippen LogP contribution in [0.5, 0.6) is 5.75 Å². The topological polar surface area (TPSA) is 101 Å². The van der Waals surface area contributed by atoms with Crippen LogP contribution in [0.15, 0.2) is 59.0 Å². The van der Waals surface area contributed by atoms with Gasteiger partial charge in [-0.3, -0.25) is 14.4 Å². The van der Waals surface area contributed by atoms with Crippen molar-refractivity contribution in [1.82, 2.24) is 15.5 Å². The molecule has 33 heavy (non-hydrogen) atoms. The minimum Gasteiger partial charge on any atom is -0.497 e. The van der Waals surface area contributed by atoms with Gasteiger partial charge in [-0.15, -0.1) is 0 Å². The molecule has 0 radical (unpaired) electrons. The van der Waals surface area contributed by atoms with Crippen molar-refractivity contribution in [2.45, 2.75) is 19.4 Å². The minimum absolute atomic E-state index is 0.119. The molecule has 0 atom stereocenters. The summed E-state index contributed by atoms with van der Waals surface area (Å²) in [6.07, 6.45) is 1.50. The van der Waals surface area contributed by atoms with E-state index in [2.05, 4.69) is 10.6 Å². The van der Waals surface area contributed by atoms with E-state index >= 15 is 0 Å². The normalized spacial score (nSPS) is 14.2. The molecule has 3 amide bonds. The molecule has 1 aliphatic heterocycles. The van der Waals surface area contributed by atoms with Gasteiger partial charge in [-0.05, 0) is 48.6 Å². The molecule has 8 heteroatoms. The van der Waals surface area contributed by atoms with Crippen molar-refractivity contribution in [1.29, 1.82) is 0 Å². The first-order chi connectivity index (χ1) is 16.0. The van der Waals surface area contributed by atoms with Gasteiger partial charge in [-0.25, -0.2) is 0 Å².